The zero-order chi connectivity index (χ0) is 29.4. The predicted octanol–water partition coefficient (Wildman–Crippen LogP) is 4.06. The van der Waals surface area contributed by atoms with Crippen molar-refractivity contribution < 1.29 is 33.1 Å². The molecule has 1 aliphatic heterocycles. The van der Waals surface area contributed by atoms with Gasteiger partial charge in [0.15, 0.2) is 5.82 Å². The van der Waals surface area contributed by atoms with Gasteiger partial charge < -0.3 is 29.3 Å². The second kappa shape index (κ2) is 13.8. The van der Waals surface area contributed by atoms with Crippen molar-refractivity contribution in [1.29, 1.82) is 0 Å². The maximum Gasteiger partial charge on any atom is 0.407 e. The Balaban J connectivity index is 1.65. The molecular formula is C27H32N5O7PS. The fraction of sp³-hybridized carbons (Fsp3) is 0.370. The lowest BCUT2D eigenvalue weighted by molar-refractivity contribution is -0.134. The summed E-state index contributed by atoms with van der Waals surface area (Å²) >= 11 is 1.49. The molecule has 0 bridgehead atoms. The average Bonchev–Trinajstić information content (AvgIpc) is 3.52. The van der Waals surface area contributed by atoms with Crippen molar-refractivity contribution in [3.63, 3.8) is 0 Å². The third-order valence-electron chi connectivity index (χ3n) is 6.33. The van der Waals surface area contributed by atoms with Gasteiger partial charge >= 0.3 is 13.7 Å². The monoisotopic (exact) mass is 601 g/mol. The molecule has 41 heavy (non-hydrogen) atoms. The smallest absolute Gasteiger partial charge is 0.407 e. The number of amides is 3. The van der Waals surface area contributed by atoms with Crippen LogP contribution in [-0.2, 0) is 18.4 Å². The molecule has 0 radical (unpaired) electrons. The van der Waals surface area contributed by atoms with Gasteiger partial charge in [-0.25, -0.2) is 14.8 Å². The van der Waals surface area contributed by atoms with E-state index in [1.807, 2.05) is 47.2 Å². The largest absolute Gasteiger partial charge is 0.465 e. The van der Waals surface area contributed by atoms with Crippen LogP contribution in [-0.4, -0.2) is 94.4 Å². The molecule has 2 aromatic heterocycles. The predicted molar refractivity (Wildman–Crippen MR) is 154 cm³/mol. The van der Waals surface area contributed by atoms with Gasteiger partial charge in [0.05, 0.1) is 25.1 Å². The summed E-state index contributed by atoms with van der Waals surface area (Å²) in [6, 6.07) is 11.4. The molecule has 0 saturated carbocycles. The Kier molecular flexibility index (Phi) is 10.2. The van der Waals surface area contributed by atoms with E-state index in [9.17, 15) is 24.1 Å². The third-order valence-corrected chi connectivity index (χ3v) is 9.13. The summed E-state index contributed by atoms with van der Waals surface area (Å²) in [7, 11) is -3.76. The zero-order valence-electron chi connectivity index (χ0n) is 22.8. The molecule has 0 aliphatic carbocycles. The Labute approximate surface area is 241 Å². The van der Waals surface area contributed by atoms with Gasteiger partial charge in [-0.05, 0) is 31.4 Å². The Morgan fingerprint density at radius 3 is 2.24 bits per heavy atom. The number of rotatable bonds is 11. The first-order valence-electron chi connectivity index (χ1n) is 13.2. The highest BCUT2D eigenvalue weighted by Crippen LogP contribution is 2.48. The second-order valence-electron chi connectivity index (χ2n) is 9.09. The standard InChI is InChI=1S/C27H32N5O7PS/c1-3-38-40(37,39-4-2)17-23(26(34)31-11-13-32(14-12-31)27(35)36)30-25(33)22-16-21(20-10-15-41-18-20)28-24(29-22)19-8-6-5-7-9-19/h5-10,15-16,18,23H,3-4,11-14,17H2,1-2H3,(H,30,33)(H,35,36)/t23-/m0/s1. The number of carboxylic acid groups (broad SMARTS) is 1. The summed E-state index contributed by atoms with van der Waals surface area (Å²) < 4.78 is 24.3. The Morgan fingerprint density at radius 1 is 1.00 bits per heavy atom. The average molecular weight is 602 g/mol. The van der Waals surface area contributed by atoms with Crippen LogP contribution in [0.15, 0.2) is 53.2 Å². The second-order valence-corrected chi connectivity index (χ2v) is 12.0. The van der Waals surface area contributed by atoms with Crippen LogP contribution in [0.4, 0.5) is 4.79 Å². The number of nitrogens with one attached hydrogen (secondary N) is 1. The minimum Gasteiger partial charge on any atom is -0.465 e. The summed E-state index contributed by atoms with van der Waals surface area (Å²) in [4.78, 5) is 50.4. The lowest BCUT2D eigenvalue weighted by atomic mass is 10.1. The van der Waals surface area contributed by atoms with Gasteiger partial charge in [-0.1, -0.05) is 30.3 Å². The van der Waals surface area contributed by atoms with E-state index in [1.165, 1.54) is 21.1 Å². The number of aromatic nitrogens is 2. The molecule has 3 heterocycles. The van der Waals surface area contributed by atoms with Crippen molar-refractivity contribution in [1.82, 2.24) is 25.1 Å². The lowest BCUT2D eigenvalue weighted by Crippen LogP contribution is -2.56. The van der Waals surface area contributed by atoms with E-state index in [1.54, 1.807) is 19.9 Å². The summed E-state index contributed by atoms with van der Waals surface area (Å²) in [6.07, 6.45) is -1.47. The minimum absolute atomic E-state index is 0.0243. The number of nitrogens with zero attached hydrogens (tertiary/aromatic N) is 4. The normalized spacial score (nSPS) is 14.5. The SMILES string of the molecule is CCOP(=O)(C[C@H](NC(=O)c1cc(-c2ccsc2)nc(-c2ccccc2)n1)C(=O)N1CCN(C(=O)O)CC1)OCC. The first-order valence-corrected chi connectivity index (χ1v) is 15.8. The molecule has 1 aromatic carbocycles. The van der Waals surface area contributed by atoms with Crippen molar-refractivity contribution in [3.05, 3.63) is 58.9 Å². The highest BCUT2D eigenvalue weighted by Gasteiger charge is 2.37. The van der Waals surface area contributed by atoms with Crippen LogP contribution >= 0.6 is 18.9 Å². The Bertz CT molecular complexity index is 1390. The van der Waals surface area contributed by atoms with Crippen molar-refractivity contribution in [3.8, 4) is 22.6 Å². The van der Waals surface area contributed by atoms with Crippen LogP contribution in [0.1, 0.15) is 24.3 Å². The highest BCUT2D eigenvalue weighted by molar-refractivity contribution is 7.54. The molecule has 12 nitrogen and oxygen atoms in total. The molecule has 0 unspecified atom stereocenters. The molecule has 2 N–H and O–H groups in total. The molecule has 1 aliphatic rings. The van der Waals surface area contributed by atoms with Crippen LogP contribution in [0.3, 0.4) is 0 Å². The van der Waals surface area contributed by atoms with Crippen molar-refractivity contribution in [2.75, 3.05) is 45.6 Å². The first-order chi connectivity index (χ1) is 19.7. The number of piperazine rings is 1. The molecule has 3 amide bonds. The van der Waals surface area contributed by atoms with Crippen LogP contribution < -0.4 is 5.32 Å². The number of benzene rings is 1. The molecule has 3 aromatic rings. The van der Waals surface area contributed by atoms with Crippen molar-refractivity contribution in [2.24, 2.45) is 0 Å². The first kappa shape index (κ1) is 30.3. The van der Waals surface area contributed by atoms with Gasteiger partial charge in [0.1, 0.15) is 11.7 Å². The van der Waals surface area contributed by atoms with E-state index in [4.69, 9.17) is 9.05 Å². The molecule has 0 spiro atoms. The third kappa shape index (κ3) is 7.76. The number of hydrogen-bond acceptors (Lipinski definition) is 9. The van der Waals surface area contributed by atoms with E-state index >= 15 is 0 Å². The fourth-order valence-corrected chi connectivity index (χ4v) is 6.77. The Morgan fingerprint density at radius 2 is 1.66 bits per heavy atom. The lowest BCUT2D eigenvalue weighted by Gasteiger charge is -2.35. The molecule has 1 fully saturated rings. The number of carbonyl (C=O) groups is 3. The van der Waals surface area contributed by atoms with E-state index in [0.717, 1.165) is 5.56 Å². The van der Waals surface area contributed by atoms with E-state index in [0.29, 0.717) is 17.1 Å². The Hall–Kier alpha value is -3.64. The summed E-state index contributed by atoms with van der Waals surface area (Å²) in [6.45, 7) is 3.96. The van der Waals surface area contributed by atoms with Crippen LogP contribution in [0.5, 0.6) is 0 Å². The molecule has 4 rings (SSSR count). The topological polar surface area (TPSA) is 151 Å². The van der Waals surface area contributed by atoms with Gasteiger partial charge in [0.25, 0.3) is 5.91 Å². The number of hydrogen-bond donors (Lipinski definition) is 2. The zero-order valence-corrected chi connectivity index (χ0v) is 24.5. The maximum atomic E-state index is 13.7. The molecule has 14 heteroatoms. The minimum atomic E-state index is -3.76. The van der Waals surface area contributed by atoms with E-state index in [2.05, 4.69) is 15.3 Å². The van der Waals surface area contributed by atoms with Gasteiger partial charge in [0.2, 0.25) is 5.91 Å². The van der Waals surface area contributed by atoms with E-state index < -0.39 is 37.7 Å². The van der Waals surface area contributed by atoms with Gasteiger partial charge in [-0.3, -0.25) is 14.2 Å². The van der Waals surface area contributed by atoms with Crippen LogP contribution in [0.2, 0.25) is 0 Å². The molecular weight excluding hydrogens is 569 g/mol. The highest BCUT2D eigenvalue weighted by atomic mass is 32.1. The molecule has 218 valence electrons. The molecule has 1 saturated heterocycles. The summed E-state index contributed by atoms with van der Waals surface area (Å²) in [5.41, 5.74) is 2.08. The van der Waals surface area contributed by atoms with Crippen molar-refractivity contribution in [2.45, 2.75) is 19.9 Å². The maximum absolute atomic E-state index is 13.7. The van der Waals surface area contributed by atoms with Crippen LogP contribution in [0.25, 0.3) is 22.6 Å². The van der Waals surface area contributed by atoms with Crippen molar-refractivity contribution >= 4 is 36.8 Å². The quantitative estimate of drug-likeness (QED) is 0.310. The van der Waals surface area contributed by atoms with Gasteiger partial charge in [-0.15, -0.1) is 0 Å². The number of carbonyl (C=O) groups excluding carboxylic acids is 2. The molecule has 1 atom stereocenters. The van der Waals surface area contributed by atoms with E-state index in [-0.39, 0.29) is 45.1 Å². The number of thiophene rings is 1. The van der Waals surface area contributed by atoms with Gasteiger partial charge in [0, 0.05) is 42.7 Å². The fourth-order valence-electron chi connectivity index (χ4n) is 4.35. The van der Waals surface area contributed by atoms with Gasteiger partial charge in [-0.2, -0.15) is 11.3 Å². The summed E-state index contributed by atoms with van der Waals surface area (Å²) in [5, 5.41) is 15.8. The summed E-state index contributed by atoms with van der Waals surface area (Å²) in [5.74, 6) is -0.844. The van der Waals surface area contributed by atoms with Crippen LogP contribution in [0, 0.1) is 0 Å².